The van der Waals surface area contributed by atoms with Gasteiger partial charge >= 0.3 is 6.09 Å². The third kappa shape index (κ3) is 2.28. The summed E-state index contributed by atoms with van der Waals surface area (Å²) in [7, 11) is 0. The Morgan fingerprint density at radius 3 is 2.89 bits per heavy atom. The zero-order chi connectivity index (χ0) is 13.2. The van der Waals surface area contributed by atoms with E-state index < -0.39 is 0 Å². The van der Waals surface area contributed by atoms with E-state index in [1.165, 1.54) is 5.56 Å². The molecule has 0 N–H and O–H groups in total. The summed E-state index contributed by atoms with van der Waals surface area (Å²) in [5.41, 5.74) is 2.23. The van der Waals surface area contributed by atoms with Crippen LogP contribution in [0.1, 0.15) is 12.0 Å². The zero-order valence-electron chi connectivity index (χ0n) is 10.7. The lowest BCUT2D eigenvalue weighted by molar-refractivity contribution is -0.118. The molecule has 2 aliphatic rings. The minimum absolute atomic E-state index is 0.0738. The molecule has 0 saturated carbocycles. The summed E-state index contributed by atoms with van der Waals surface area (Å²) in [6, 6.07) is 7.97. The molecule has 1 aromatic rings. The van der Waals surface area contributed by atoms with Gasteiger partial charge in [0.1, 0.15) is 6.61 Å². The van der Waals surface area contributed by atoms with Crippen LogP contribution in [0.3, 0.4) is 0 Å². The monoisotopic (exact) mass is 260 g/mol. The lowest BCUT2D eigenvalue weighted by Gasteiger charge is -2.19. The smallest absolute Gasteiger partial charge is 0.409 e. The van der Waals surface area contributed by atoms with E-state index in [-0.39, 0.29) is 12.0 Å². The Morgan fingerprint density at radius 2 is 2.11 bits per heavy atom. The Bertz CT molecular complexity index is 515. The summed E-state index contributed by atoms with van der Waals surface area (Å²) in [6.45, 7) is 2.20. The summed E-state index contributed by atoms with van der Waals surface area (Å²) in [4.78, 5) is 26.9. The Hall–Kier alpha value is -2.04. The van der Waals surface area contributed by atoms with Crippen molar-refractivity contribution in [1.29, 1.82) is 0 Å². The zero-order valence-corrected chi connectivity index (χ0v) is 10.7. The molecule has 1 aromatic carbocycles. The average Bonchev–Trinajstić information content (AvgIpc) is 3.02. The minimum Gasteiger partial charge on any atom is -0.448 e. The van der Waals surface area contributed by atoms with Crippen LogP contribution in [0.25, 0.3) is 0 Å². The van der Waals surface area contributed by atoms with Gasteiger partial charge in [-0.1, -0.05) is 18.2 Å². The Kier molecular flexibility index (Phi) is 3.11. The summed E-state index contributed by atoms with van der Waals surface area (Å²) < 4.78 is 4.84. The summed E-state index contributed by atoms with van der Waals surface area (Å²) in [5, 5.41) is 0. The molecule has 2 heterocycles. The van der Waals surface area contributed by atoms with Crippen LogP contribution in [0.2, 0.25) is 0 Å². The predicted molar refractivity (Wildman–Crippen MR) is 70.0 cm³/mol. The molecule has 2 amide bonds. The first-order valence-electron chi connectivity index (χ1n) is 6.56. The highest BCUT2D eigenvalue weighted by molar-refractivity contribution is 5.95. The van der Waals surface area contributed by atoms with Gasteiger partial charge in [-0.2, -0.15) is 0 Å². The first kappa shape index (κ1) is 12.0. The van der Waals surface area contributed by atoms with Crippen LogP contribution in [-0.2, 0) is 16.0 Å². The van der Waals surface area contributed by atoms with Gasteiger partial charge in [-0.05, 0) is 18.1 Å². The van der Waals surface area contributed by atoms with E-state index in [9.17, 15) is 9.59 Å². The molecular weight excluding hydrogens is 244 g/mol. The van der Waals surface area contributed by atoms with Gasteiger partial charge in [0, 0.05) is 25.2 Å². The molecule has 1 fully saturated rings. The second-order valence-corrected chi connectivity index (χ2v) is 4.78. The molecule has 0 aliphatic carbocycles. The number of nitrogens with zero attached hydrogens (tertiary/aromatic N) is 2. The number of hydrogen-bond donors (Lipinski definition) is 0. The van der Waals surface area contributed by atoms with Crippen molar-refractivity contribution in [2.24, 2.45) is 0 Å². The first-order valence-corrected chi connectivity index (χ1v) is 6.56. The van der Waals surface area contributed by atoms with E-state index >= 15 is 0 Å². The normalized spacial score (nSPS) is 17.6. The number of carbonyl (C=O) groups excluding carboxylic acids is 2. The number of ether oxygens (including phenoxy) is 1. The third-order valence-corrected chi connectivity index (χ3v) is 3.63. The molecule has 0 unspecified atom stereocenters. The number of cyclic esters (lactones) is 1. The second kappa shape index (κ2) is 4.91. The maximum Gasteiger partial charge on any atom is 0.409 e. The van der Waals surface area contributed by atoms with Crippen molar-refractivity contribution < 1.29 is 14.3 Å². The van der Waals surface area contributed by atoms with Crippen molar-refractivity contribution in [3.8, 4) is 0 Å². The van der Waals surface area contributed by atoms with Gasteiger partial charge in [-0.15, -0.1) is 0 Å². The molecule has 2 aliphatic heterocycles. The molecule has 0 aromatic heterocycles. The number of hydrogen-bond acceptors (Lipinski definition) is 3. The summed E-state index contributed by atoms with van der Waals surface area (Å²) >= 11 is 0. The van der Waals surface area contributed by atoms with Crippen LogP contribution in [0, 0.1) is 0 Å². The highest BCUT2D eigenvalue weighted by Crippen LogP contribution is 2.27. The third-order valence-electron chi connectivity index (χ3n) is 3.63. The number of rotatable bonds is 3. The standard InChI is InChI=1S/C14H16N2O3/c17-13(6-7-15-9-10-19-14(15)18)16-8-5-11-3-1-2-4-12(11)16/h1-4H,5-10H2. The highest BCUT2D eigenvalue weighted by atomic mass is 16.6. The van der Waals surface area contributed by atoms with Crippen LogP contribution in [0.4, 0.5) is 10.5 Å². The van der Waals surface area contributed by atoms with E-state index in [1.807, 2.05) is 23.1 Å². The van der Waals surface area contributed by atoms with Crippen LogP contribution in [0.5, 0.6) is 0 Å². The quantitative estimate of drug-likeness (QED) is 0.825. The highest BCUT2D eigenvalue weighted by Gasteiger charge is 2.26. The van der Waals surface area contributed by atoms with Gasteiger partial charge < -0.3 is 14.5 Å². The molecule has 5 heteroatoms. The largest absolute Gasteiger partial charge is 0.448 e. The van der Waals surface area contributed by atoms with E-state index in [0.29, 0.717) is 26.1 Å². The van der Waals surface area contributed by atoms with Gasteiger partial charge in [0.25, 0.3) is 0 Å². The number of anilines is 1. The number of benzene rings is 1. The van der Waals surface area contributed by atoms with E-state index in [0.717, 1.165) is 18.7 Å². The Morgan fingerprint density at radius 1 is 1.26 bits per heavy atom. The fourth-order valence-electron chi connectivity index (χ4n) is 2.59. The predicted octanol–water partition coefficient (Wildman–Crippen LogP) is 1.42. The van der Waals surface area contributed by atoms with E-state index in [1.54, 1.807) is 4.90 Å². The van der Waals surface area contributed by atoms with Crippen LogP contribution in [-0.4, -0.2) is 43.1 Å². The molecular formula is C14H16N2O3. The fourth-order valence-corrected chi connectivity index (χ4v) is 2.59. The van der Waals surface area contributed by atoms with Crippen molar-refractivity contribution in [2.45, 2.75) is 12.8 Å². The fraction of sp³-hybridized carbons (Fsp3) is 0.429. The molecule has 0 spiro atoms. The van der Waals surface area contributed by atoms with Gasteiger partial charge in [0.05, 0.1) is 6.54 Å². The van der Waals surface area contributed by atoms with Gasteiger partial charge in [0.15, 0.2) is 0 Å². The molecule has 100 valence electrons. The molecule has 0 bridgehead atoms. The van der Waals surface area contributed by atoms with Crippen molar-refractivity contribution >= 4 is 17.7 Å². The van der Waals surface area contributed by atoms with Crippen LogP contribution in [0.15, 0.2) is 24.3 Å². The van der Waals surface area contributed by atoms with Crippen molar-refractivity contribution in [2.75, 3.05) is 31.1 Å². The van der Waals surface area contributed by atoms with Gasteiger partial charge in [-0.25, -0.2) is 4.79 Å². The lowest BCUT2D eigenvalue weighted by atomic mass is 10.2. The number of para-hydroxylation sites is 1. The van der Waals surface area contributed by atoms with Gasteiger partial charge in [0.2, 0.25) is 5.91 Å². The number of amides is 2. The average molecular weight is 260 g/mol. The molecule has 19 heavy (non-hydrogen) atoms. The van der Waals surface area contributed by atoms with E-state index in [4.69, 9.17) is 4.74 Å². The SMILES string of the molecule is O=C1OCCN1CCC(=O)N1CCc2ccccc21. The Balaban J connectivity index is 1.61. The minimum atomic E-state index is -0.311. The maximum absolute atomic E-state index is 12.2. The Labute approximate surface area is 111 Å². The van der Waals surface area contributed by atoms with E-state index in [2.05, 4.69) is 6.07 Å². The van der Waals surface area contributed by atoms with Crippen molar-refractivity contribution in [3.05, 3.63) is 29.8 Å². The van der Waals surface area contributed by atoms with Gasteiger partial charge in [-0.3, -0.25) is 4.79 Å². The maximum atomic E-state index is 12.2. The van der Waals surface area contributed by atoms with Crippen LogP contribution < -0.4 is 4.90 Å². The molecule has 0 atom stereocenters. The topological polar surface area (TPSA) is 49.9 Å². The lowest BCUT2D eigenvalue weighted by Crippen LogP contribution is -2.34. The molecule has 3 rings (SSSR count). The summed E-state index contributed by atoms with van der Waals surface area (Å²) in [6.07, 6.45) is 0.950. The van der Waals surface area contributed by atoms with Crippen molar-refractivity contribution in [3.63, 3.8) is 0 Å². The van der Waals surface area contributed by atoms with Crippen LogP contribution >= 0.6 is 0 Å². The molecule has 1 saturated heterocycles. The number of carbonyl (C=O) groups is 2. The first-order chi connectivity index (χ1) is 9.25. The number of fused-ring (bicyclic) bond motifs is 1. The second-order valence-electron chi connectivity index (χ2n) is 4.78. The van der Waals surface area contributed by atoms with Crippen molar-refractivity contribution in [1.82, 2.24) is 4.90 Å². The summed E-state index contributed by atoms with van der Waals surface area (Å²) in [5.74, 6) is 0.0738. The molecule has 0 radical (unpaired) electrons. The molecule has 5 nitrogen and oxygen atoms in total.